The first-order valence-corrected chi connectivity index (χ1v) is 7.69. The molecule has 0 spiro atoms. The van der Waals surface area contributed by atoms with Crippen molar-refractivity contribution < 1.29 is 14.6 Å². The Morgan fingerprint density at radius 2 is 1.81 bits per heavy atom. The molecule has 4 heteroatoms. The van der Waals surface area contributed by atoms with E-state index >= 15 is 0 Å². The van der Waals surface area contributed by atoms with Crippen molar-refractivity contribution >= 4 is 5.78 Å². The molecule has 0 atom stereocenters. The van der Waals surface area contributed by atoms with E-state index in [2.05, 4.69) is 4.90 Å². The molecule has 1 aliphatic rings. The molecule has 0 radical (unpaired) electrons. The van der Waals surface area contributed by atoms with Gasteiger partial charge >= 0.3 is 0 Å². The van der Waals surface area contributed by atoms with Crippen LogP contribution in [0.15, 0.2) is 24.3 Å². The van der Waals surface area contributed by atoms with Gasteiger partial charge in [-0.25, -0.2) is 0 Å². The van der Waals surface area contributed by atoms with Gasteiger partial charge in [-0.1, -0.05) is 6.42 Å². The Kier molecular flexibility index (Phi) is 5.37. The number of nitrogens with zero attached hydrogens (tertiary/aromatic N) is 1. The summed E-state index contributed by atoms with van der Waals surface area (Å²) >= 11 is 0. The topological polar surface area (TPSA) is 49.8 Å². The number of carbonyl (C=O) groups is 1. The van der Waals surface area contributed by atoms with E-state index in [-0.39, 0.29) is 5.78 Å². The number of ketones is 1. The number of rotatable bonds is 6. The van der Waals surface area contributed by atoms with Gasteiger partial charge in [-0.05, 0) is 64.0 Å². The molecule has 1 aromatic carbocycles. The van der Waals surface area contributed by atoms with E-state index in [0.717, 1.165) is 12.3 Å². The average Bonchev–Trinajstić information content (AvgIpc) is 2.47. The Bertz CT molecular complexity index is 456. The molecule has 1 N–H and O–H groups in total. The lowest BCUT2D eigenvalue weighted by Crippen LogP contribution is -2.33. The predicted molar refractivity (Wildman–Crippen MR) is 82.9 cm³/mol. The second kappa shape index (κ2) is 7.05. The third-order valence-corrected chi connectivity index (χ3v) is 3.80. The van der Waals surface area contributed by atoms with Crippen molar-refractivity contribution in [1.82, 2.24) is 4.90 Å². The number of piperidine rings is 1. The van der Waals surface area contributed by atoms with E-state index in [9.17, 15) is 9.90 Å². The van der Waals surface area contributed by atoms with Crippen molar-refractivity contribution in [2.45, 2.75) is 38.7 Å². The van der Waals surface area contributed by atoms with E-state index in [4.69, 9.17) is 4.74 Å². The molecule has 0 aromatic heterocycles. The Labute approximate surface area is 126 Å². The highest BCUT2D eigenvalue weighted by Crippen LogP contribution is 2.17. The molecule has 0 bridgehead atoms. The monoisotopic (exact) mass is 291 g/mol. The minimum atomic E-state index is -1.34. The minimum absolute atomic E-state index is 0.276. The first-order valence-electron chi connectivity index (χ1n) is 7.69. The van der Waals surface area contributed by atoms with Gasteiger partial charge < -0.3 is 9.84 Å². The second-order valence-electron chi connectivity index (χ2n) is 6.16. The Balaban J connectivity index is 1.81. The standard InChI is InChI=1S/C17H25NO3/c1-17(2,20)16(19)14-6-8-15(9-7-14)21-13-12-18-10-4-3-5-11-18/h6-9,20H,3-5,10-13H2,1-2H3. The summed E-state index contributed by atoms with van der Waals surface area (Å²) in [6.07, 6.45) is 3.91. The highest BCUT2D eigenvalue weighted by atomic mass is 16.5. The normalized spacial score (nSPS) is 16.7. The van der Waals surface area contributed by atoms with Gasteiger partial charge in [0.15, 0.2) is 5.78 Å². The third kappa shape index (κ3) is 4.83. The van der Waals surface area contributed by atoms with Crippen molar-refractivity contribution in [3.63, 3.8) is 0 Å². The van der Waals surface area contributed by atoms with Crippen LogP contribution < -0.4 is 4.74 Å². The first kappa shape index (κ1) is 16.0. The molecule has 2 rings (SSSR count). The maximum atomic E-state index is 11.9. The van der Waals surface area contributed by atoms with Crippen LogP contribution in [0.4, 0.5) is 0 Å². The second-order valence-corrected chi connectivity index (χ2v) is 6.16. The fraction of sp³-hybridized carbons (Fsp3) is 0.588. The number of hydrogen-bond donors (Lipinski definition) is 1. The summed E-state index contributed by atoms with van der Waals surface area (Å²) in [5, 5.41) is 9.71. The van der Waals surface area contributed by atoms with E-state index < -0.39 is 5.60 Å². The Hall–Kier alpha value is -1.39. The van der Waals surface area contributed by atoms with Gasteiger partial charge in [0.2, 0.25) is 0 Å². The number of likely N-dealkylation sites (tertiary alicyclic amines) is 1. The smallest absolute Gasteiger partial charge is 0.193 e. The predicted octanol–water partition coefficient (Wildman–Crippen LogP) is 2.50. The zero-order valence-corrected chi connectivity index (χ0v) is 13.0. The zero-order valence-electron chi connectivity index (χ0n) is 13.0. The lowest BCUT2D eigenvalue weighted by atomic mass is 9.97. The first-order chi connectivity index (χ1) is 9.97. The summed E-state index contributed by atoms with van der Waals surface area (Å²) in [7, 11) is 0. The SMILES string of the molecule is CC(C)(O)C(=O)c1ccc(OCCN2CCCCC2)cc1. The average molecular weight is 291 g/mol. The number of benzene rings is 1. The van der Waals surface area contributed by atoms with Gasteiger partial charge in [0.25, 0.3) is 0 Å². The molecule has 1 aromatic rings. The number of Topliss-reactive ketones (excluding diaryl/α,β-unsaturated/α-hetero) is 1. The summed E-state index contributed by atoms with van der Waals surface area (Å²) in [5.74, 6) is 0.488. The summed E-state index contributed by atoms with van der Waals surface area (Å²) in [6.45, 7) is 6.95. The van der Waals surface area contributed by atoms with E-state index in [1.807, 2.05) is 0 Å². The molecule has 0 aliphatic carbocycles. The lowest BCUT2D eigenvalue weighted by Gasteiger charge is -2.26. The molecule has 0 amide bonds. The van der Waals surface area contributed by atoms with Crippen LogP contribution in [0.3, 0.4) is 0 Å². The van der Waals surface area contributed by atoms with Crippen LogP contribution in [0.2, 0.25) is 0 Å². The van der Waals surface area contributed by atoms with Crippen LogP contribution in [-0.4, -0.2) is 47.6 Å². The number of ether oxygens (including phenoxy) is 1. The van der Waals surface area contributed by atoms with Crippen LogP contribution in [0, 0.1) is 0 Å². The molecule has 1 saturated heterocycles. The van der Waals surface area contributed by atoms with Gasteiger partial charge in [-0.2, -0.15) is 0 Å². The molecule has 0 unspecified atom stereocenters. The van der Waals surface area contributed by atoms with Crippen molar-refractivity contribution in [1.29, 1.82) is 0 Å². The Morgan fingerprint density at radius 3 is 2.38 bits per heavy atom. The van der Waals surface area contributed by atoms with Gasteiger partial charge in [-0.15, -0.1) is 0 Å². The van der Waals surface area contributed by atoms with E-state index in [1.165, 1.54) is 46.2 Å². The van der Waals surface area contributed by atoms with Gasteiger partial charge in [-0.3, -0.25) is 9.69 Å². The molecule has 0 saturated carbocycles. The van der Waals surface area contributed by atoms with E-state index in [1.54, 1.807) is 24.3 Å². The molecular formula is C17H25NO3. The molecule has 4 nitrogen and oxygen atoms in total. The van der Waals surface area contributed by atoms with Gasteiger partial charge in [0, 0.05) is 12.1 Å². The van der Waals surface area contributed by atoms with Crippen LogP contribution >= 0.6 is 0 Å². The maximum absolute atomic E-state index is 11.9. The molecule has 1 fully saturated rings. The van der Waals surface area contributed by atoms with Crippen LogP contribution in [0.5, 0.6) is 5.75 Å². The third-order valence-electron chi connectivity index (χ3n) is 3.80. The summed E-state index contributed by atoms with van der Waals surface area (Å²) in [5.41, 5.74) is -0.831. The minimum Gasteiger partial charge on any atom is -0.492 e. The zero-order chi connectivity index (χ0) is 15.3. The highest BCUT2D eigenvalue weighted by Gasteiger charge is 2.24. The number of carbonyl (C=O) groups excluding carboxylic acids is 1. The van der Waals surface area contributed by atoms with Crippen LogP contribution in [0.1, 0.15) is 43.5 Å². The quantitative estimate of drug-likeness (QED) is 0.818. The fourth-order valence-corrected chi connectivity index (χ4v) is 2.53. The summed E-state index contributed by atoms with van der Waals surface area (Å²) < 4.78 is 5.71. The van der Waals surface area contributed by atoms with Crippen molar-refractivity contribution in [2.24, 2.45) is 0 Å². The summed E-state index contributed by atoms with van der Waals surface area (Å²) in [4.78, 5) is 14.3. The van der Waals surface area contributed by atoms with Crippen molar-refractivity contribution in [3.8, 4) is 5.75 Å². The van der Waals surface area contributed by atoms with Crippen molar-refractivity contribution in [2.75, 3.05) is 26.2 Å². The largest absolute Gasteiger partial charge is 0.492 e. The van der Waals surface area contributed by atoms with Gasteiger partial charge in [0.1, 0.15) is 18.0 Å². The molecule has 21 heavy (non-hydrogen) atoms. The number of aliphatic hydroxyl groups is 1. The fourth-order valence-electron chi connectivity index (χ4n) is 2.53. The molecule has 1 aliphatic heterocycles. The number of hydrogen-bond acceptors (Lipinski definition) is 4. The Morgan fingerprint density at radius 1 is 1.19 bits per heavy atom. The van der Waals surface area contributed by atoms with Crippen LogP contribution in [-0.2, 0) is 0 Å². The van der Waals surface area contributed by atoms with Gasteiger partial charge in [0.05, 0.1) is 0 Å². The lowest BCUT2D eigenvalue weighted by molar-refractivity contribution is 0.0488. The van der Waals surface area contributed by atoms with E-state index in [0.29, 0.717) is 12.2 Å². The van der Waals surface area contributed by atoms with Crippen LogP contribution in [0.25, 0.3) is 0 Å². The highest BCUT2D eigenvalue weighted by molar-refractivity contribution is 6.01. The molecule has 116 valence electrons. The van der Waals surface area contributed by atoms with Crippen molar-refractivity contribution in [3.05, 3.63) is 29.8 Å². The summed E-state index contributed by atoms with van der Waals surface area (Å²) in [6, 6.07) is 6.98. The molecular weight excluding hydrogens is 266 g/mol. The molecule has 1 heterocycles. The maximum Gasteiger partial charge on any atom is 0.193 e.